The predicted molar refractivity (Wildman–Crippen MR) is 45.9 cm³/mol. The Kier molecular flexibility index (Phi) is 3.84. The van der Waals surface area contributed by atoms with Crippen LogP contribution in [0.25, 0.3) is 0 Å². The molecule has 0 aromatic carbocycles. The molecule has 68 valence electrons. The summed E-state index contributed by atoms with van der Waals surface area (Å²) in [5.74, 6) is 0. The fourth-order valence-electron chi connectivity index (χ4n) is 1.09. The van der Waals surface area contributed by atoms with Gasteiger partial charge in [0.25, 0.3) is 0 Å². The van der Waals surface area contributed by atoms with Crippen molar-refractivity contribution in [2.45, 2.75) is 0 Å². The Balaban J connectivity index is 2.55. The van der Waals surface area contributed by atoms with Gasteiger partial charge in [-0.2, -0.15) is 0 Å². The van der Waals surface area contributed by atoms with Crippen LogP contribution in [0.1, 0.15) is 0 Å². The lowest BCUT2D eigenvalue weighted by Crippen LogP contribution is -2.09. The Bertz CT molecular complexity index is 172. The minimum Gasteiger partial charge on any atom is -0.497 e. The number of rotatable bonds is 4. The maximum Gasteiger partial charge on any atom is 0.106 e. The molecule has 0 atom stereocenters. The molecule has 0 radical (unpaired) electrons. The van der Waals surface area contributed by atoms with Crippen LogP contribution in [-0.4, -0.2) is 34.0 Å². The molecule has 0 bridgehead atoms. The first-order valence-corrected chi connectivity index (χ1v) is 3.86. The Morgan fingerprint density at radius 1 is 1.25 bits per heavy atom. The summed E-state index contributed by atoms with van der Waals surface area (Å²) in [6.07, 6.45) is 3.75. The maximum absolute atomic E-state index is 5.14. The van der Waals surface area contributed by atoms with E-state index in [9.17, 15) is 0 Å². The Morgan fingerprint density at radius 3 is 2.58 bits per heavy atom. The highest BCUT2D eigenvalue weighted by Crippen LogP contribution is 2.14. The zero-order chi connectivity index (χ0) is 8.81. The van der Waals surface area contributed by atoms with E-state index in [2.05, 4.69) is 0 Å². The van der Waals surface area contributed by atoms with Crippen LogP contribution in [0.15, 0.2) is 23.5 Å². The second kappa shape index (κ2) is 4.95. The van der Waals surface area contributed by atoms with Crippen LogP contribution in [-0.2, 0) is 14.2 Å². The minimum atomic E-state index is 0.579. The molecular formula is C9H14O3. The highest BCUT2D eigenvalue weighted by Gasteiger charge is 2.08. The summed E-state index contributed by atoms with van der Waals surface area (Å²) in [6, 6.07) is 0. The number of methoxy groups -OCH3 is 2. The summed E-state index contributed by atoms with van der Waals surface area (Å²) in [6.45, 7) is 1.83. The third-order valence-corrected chi connectivity index (χ3v) is 1.66. The molecule has 12 heavy (non-hydrogen) atoms. The number of hydrogen-bond acceptors (Lipinski definition) is 3. The Morgan fingerprint density at radius 2 is 1.92 bits per heavy atom. The van der Waals surface area contributed by atoms with Gasteiger partial charge >= 0.3 is 0 Å². The molecule has 1 rings (SSSR count). The smallest absolute Gasteiger partial charge is 0.106 e. The van der Waals surface area contributed by atoms with E-state index in [-0.39, 0.29) is 0 Å². The quantitative estimate of drug-likeness (QED) is 0.632. The molecule has 0 amide bonds. The SMILES string of the molecule is COCC1=CCOC=C1COC. The second-order valence-electron chi connectivity index (χ2n) is 2.57. The van der Waals surface area contributed by atoms with Gasteiger partial charge in [0, 0.05) is 19.8 Å². The van der Waals surface area contributed by atoms with Crippen LogP contribution in [0.3, 0.4) is 0 Å². The molecule has 0 saturated carbocycles. The van der Waals surface area contributed by atoms with Crippen molar-refractivity contribution in [1.29, 1.82) is 0 Å². The van der Waals surface area contributed by atoms with E-state index in [4.69, 9.17) is 14.2 Å². The fourth-order valence-corrected chi connectivity index (χ4v) is 1.09. The summed E-state index contributed by atoms with van der Waals surface area (Å²) in [5, 5.41) is 0. The van der Waals surface area contributed by atoms with Gasteiger partial charge in [0.2, 0.25) is 0 Å². The van der Waals surface area contributed by atoms with E-state index in [1.807, 2.05) is 6.08 Å². The molecule has 1 heterocycles. The highest BCUT2D eigenvalue weighted by atomic mass is 16.5. The van der Waals surface area contributed by atoms with E-state index >= 15 is 0 Å². The molecule has 0 fully saturated rings. The van der Waals surface area contributed by atoms with Crippen molar-refractivity contribution in [2.75, 3.05) is 34.0 Å². The summed E-state index contributed by atoms with van der Waals surface area (Å²) in [7, 11) is 3.35. The minimum absolute atomic E-state index is 0.579. The highest BCUT2D eigenvalue weighted by molar-refractivity contribution is 5.32. The molecule has 3 heteroatoms. The summed E-state index contributed by atoms with van der Waals surface area (Å²) < 4.78 is 15.2. The lowest BCUT2D eigenvalue weighted by Gasteiger charge is -2.15. The molecule has 0 saturated heterocycles. The van der Waals surface area contributed by atoms with Crippen molar-refractivity contribution in [3.63, 3.8) is 0 Å². The molecule has 0 aliphatic carbocycles. The van der Waals surface area contributed by atoms with Gasteiger partial charge in [-0.15, -0.1) is 0 Å². The summed E-state index contributed by atoms with van der Waals surface area (Å²) in [5.41, 5.74) is 2.22. The molecular weight excluding hydrogens is 156 g/mol. The monoisotopic (exact) mass is 170 g/mol. The number of ether oxygens (including phenoxy) is 3. The third-order valence-electron chi connectivity index (χ3n) is 1.66. The van der Waals surface area contributed by atoms with Gasteiger partial charge < -0.3 is 14.2 Å². The van der Waals surface area contributed by atoms with Crippen molar-refractivity contribution in [2.24, 2.45) is 0 Å². The summed E-state index contributed by atoms with van der Waals surface area (Å²) in [4.78, 5) is 0. The van der Waals surface area contributed by atoms with Gasteiger partial charge in [-0.25, -0.2) is 0 Å². The van der Waals surface area contributed by atoms with E-state index in [0.29, 0.717) is 19.8 Å². The molecule has 0 aromatic rings. The first-order chi connectivity index (χ1) is 5.88. The second-order valence-corrected chi connectivity index (χ2v) is 2.57. The topological polar surface area (TPSA) is 27.7 Å². The average Bonchev–Trinajstić information content (AvgIpc) is 2.09. The lowest BCUT2D eigenvalue weighted by molar-refractivity contribution is 0.196. The Hall–Kier alpha value is -0.800. The maximum atomic E-state index is 5.14. The van der Waals surface area contributed by atoms with Gasteiger partial charge in [-0.05, 0) is 11.6 Å². The standard InChI is InChI=1S/C9H14O3/c1-10-5-8-3-4-12-7-9(8)6-11-2/h3,7H,4-6H2,1-2H3. The van der Waals surface area contributed by atoms with Gasteiger partial charge in [0.15, 0.2) is 0 Å². The van der Waals surface area contributed by atoms with Gasteiger partial charge in [0.1, 0.15) is 6.61 Å². The average molecular weight is 170 g/mol. The van der Waals surface area contributed by atoms with E-state index in [1.165, 1.54) is 0 Å². The normalized spacial score (nSPS) is 16.5. The van der Waals surface area contributed by atoms with Crippen molar-refractivity contribution < 1.29 is 14.2 Å². The lowest BCUT2D eigenvalue weighted by atomic mass is 10.1. The van der Waals surface area contributed by atoms with Gasteiger partial charge in [-0.3, -0.25) is 0 Å². The van der Waals surface area contributed by atoms with E-state index < -0.39 is 0 Å². The zero-order valence-corrected chi connectivity index (χ0v) is 7.50. The van der Waals surface area contributed by atoms with E-state index in [0.717, 1.165) is 11.1 Å². The van der Waals surface area contributed by atoms with Crippen molar-refractivity contribution in [3.8, 4) is 0 Å². The van der Waals surface area contributed by atoms with Crippen LogP contribution < -0.4 is 0 Å². The zero-order valence-electron chi connectivity index (χ0n) is 7.50. The molecule has 0 spiro atoms. The third kappa shape index (κ3) is 2.36. The van der Waals surface area contributed by atoms with Crippen LogP contribution in [0, 0.1) is 0 Å². The van der Waals surface area contributed by atoms with Crippen molar-refractivity contribution in [3.05, 3.63) is 23.5 Å². The van der Waals surface area contributed by atoms with Crippen LogP contribution in [0.4, 0.5) is 0 Å². The number of hydrogen-bond donors (Lipinski definition) is 0. The molecule has 0 N–H and O–H groups in total. The Labute approximate surface area is 72.6 Å². The first-order valence-electron chi connectivity index (χ1n) is 3.86. The molecule has 1 aliphatic rings. The van der Waals surface area contributed by atoms with Gasteiger partial charge in [0.05, 0.1) is 19.5 Å². The summed E-state index contributed by atoms with van der Waals surface area (Å²) >= 11 is 0. The molecule has 0 aromatic heterocycles. The predicted octanol–water partition coefficient (Wildman–Crippen LogP) is 1.12. The molecule has 3 nitrogen and oxygen atoms in total. The largest absolute Gasteiger partial charge is 0.497 e. The first kappa shape index (κ1) is 9.29. The molecule has 1 aliphatic heterocycles. The van der Waals surface area contributed by atoms with E-state index in [1.54, 1.807) is 20.5 Å². The van der Waals surface area contributed by atoms with Crippen molar-refractivity contribution >= 4 is 0 Å². The fraction of sp³-hybridized carbons (Fsp3) is 0.556. The molecule has 0 unspecified atom stereocenters. The van der Waals surface area contributed by atoms with Crippen molar-refractivity contribution in [1.82, 2.24) is 0 Å². The van der Waals surface area contributed by atoms with Crippen LogP contribution in [0.2, 0.25) is 0 Å². The van der Waals surface area contributed by atoms with Crippen LogP contribution in [0.5, 0.6) is 0 Å². The van der Waals surface area contributed by atoms with Crippen LogP contribution >= 0.6 is 0 Å². The van der Waals surface area contributed by atoms with Gasteiger partial charge in [-0.1, -0.05) is 0 Å².